The van der Waals surface area contributed by atoms with Gasteiger partial charge in [0.05, 0.1) is 12.3 Å². The molecule has 1 rings (SSSR count). The number of guanidine groups is 1. The molecule has 1 saturated heterocycles. The quantitative estimate of drug-likeness (QED) is 0.169. The highest BCUT2D eigenvalue weighted by atomic mass is 16.6. The average molecular weight is 457 g/mol. The first kappa shape index (κ1) is 27.0. The number of carboxylic acids is 1. The summed E-state index contributed by atoms with van der Waals surface area (Å²) in [5.41, 5.74) is 9.92. The summed E-state index contributed by atoms with van der Waals surface area (Å²) in [5.74, 6) is -2.09. The Labute approximate surface area is 188 Å². The van der Waals surface area contributed by atoms with Crippen LogP contribution in [0.15, 0.2) is 4.99 Å². The molecule has 0 aromatic carbocycles. The van der Waals surface area contributed by atoms with Crippen LogP contribution in [-0.4, -0.2) is 77.7 Å². The molecule has 3 amide bonds. The van der Waals surface area contributed by atoms with E-state index in [-0.39, 0.29) is 37.3 Å². The van der Waals surface area contributed by atoms with Gasteiger partial charge in [0, 0.05) is 26.2 Å². The molecule has 1 aliphatic heterocycles. The number of alkyl carbamates (subject to hydrolysis) is 1. The summed E-state index contributed by atoms with van der Waals surface area (Å²) in [7, 11) is 0. The lowest BCUT2D eigenvalue weighted by molar-refractivity contribution is -0.137. The topological polar surface area (TPSA) is 189 Å². The molecule has 2 atom stereocenters. The van der Waals surface area contributed by atoms with Crippen molar-refractivity contribution in [3.05, 3.63) is 0 Å². The lowest BCUT2D eigenvalue weighted by Crippen LogP contribution is -2.53. The van der Waals surface area contributed by atoms with Gasteiger partial charge in [-0.15, -0.1) is 0 Å². The first-order valence-electron chi connectivity index (χ1n) is 10.7. The molecule has 1 fully saturated rings. The van der Waals surface area contributed by atoms with Crippen molar-refractivity contribution >= 4 is 29.8 Å². The molecule has 1 aliphatic rings. The van der Waals surface area contributed by atoms with Crippen LogP contribution >= 0.6 is 0 Å². The summed E-state index contributed by atoms with van der Waals surface area (Å²) in [4.78, 5) is 53.8. The van der Waals surface area contributed by atoms with Gasteiger partial charge >= 0.3 is 12.1 Å². The summed E-state index contributed by atoms with van der Waals surface area (Å²) in [6.07, 6.45) is 1.09. The number of ether oxygens (including phenoxy) is 1. The van der Waals surface area contributed by atoms with Crippen LogP contribution in [0, 0.1) is 5.92 Å². The smallest absolute Gasteiger partial charge is 0.408 e. The number of piperidine rings is 1. The van der Waals surface area contributed by atoms with Crippen molar-refractivity contribution in [1.29, 1.82) is 0 Å². The molecular weight excluding hydrogens is 420 g/mol. The number of rotatable bonds is 10. The molecule has 32 heavy (non-hydrogen) atoms. The summed E-state index contributed by atoms with van der Waals surface area (Å²) in [6, 6.07) is -0.854. The highest BCUT2D eigenvalue weighted by Gasteiger charge is 2.33. The first-order chi connectivity index (χ1) is 14.9. The lowest BCUT2D eigenvalue weighted by atomic mass is 9.96. The average Bonchev–Trinajstić information content (AvgIpc) is 2.68. The highest BCUT2D eigenvalue weighted by Crippen LogP contribution is 2.19. The van der Waals surface area contributed by atoms with E-state index in [0.717, 1.165) is 0 Å². The minimum Gasteiger partial charge on any atom is -0.481 e. The predicted octanol–water partition coefficient (Wildman–Crippen LogP) is -0.237. The molecule has 0 bridgehead atoms. The number of nitrogens with zero attached hydrogens (tertiary/aromatic N) is 2. The van der Waals surface area contributed by atoms with E-state index in [1.165, 1.54) is 0 Å². The third-order valence-corrected chi connectivity index (χ3v) is 4.68. The molecule has 0 aliphatic carbocycles. The van der Waals surface area contributed by atoms with E-state index in [1.54, 1.807) is 25.7 Å². The number of hydrogen-bond donors (Lipinski definition) is 5. The summed E-state index contributed by atoms with van der Waals surface area (Å²) in [6.45, 7) is 6.15. The molecule has 0 spiro atoms. The van der Waals surface area contributed by atoms with E-state index in [4.69, 9.17) is 21.3 Å². The molecule has 0 radical (unpaired) electrons. The Morgan fingerprint density at radius 1 is 1.25 bits per heavy atom. The van der Waals surface area contributed by atoms with Gasteiger partial charge in [0.15, 0.2) is 5.96 Å². The number of nitrogens with one attached hydrogen (secondary N) is 2. The Morgan fingerprint density at radius 2 is 1.94 bits per heavy atom. The van der Waals surface area contributed by atoms with Crippen molar-refractivity contribution in [2.24, 2.45) is 22.4 Å². The molecular formula is C20H36N6O6. The largest absolute Gasteiger partial charge is 0.481 e. The molecule has 182 valence electrons. The second kappa shape index (κ2) is 12.7. The fraction of sp³-hybridized carbons (Fsp3) is 0.750. The predicted molar refractivity (Wildman–Crippen MR) is 118 cm³/mol. The number of likely N-dealkylation sites (tertiary alicyclic amines) is 1. The third-order valence-electron chi connectivity index (χ3n) is 4.68. The molecule has 0 aromatic rings. The van der Waals surface area contributed by atoms with Crippen molar-refractivity contribution in [2.75, 3.05) is 26.2 Å². The number of nitrogens with two attached hydrogens (primary N) is 2. The Hall–Kier alpha value is -3.05. The number of amides is 3. The zero-order valence-electron chi connectivity index (χ0n) is 19.1. The van der Waals surface area contributed by atoms with Crippen LogP contribution < -0.4 is 22.1 Å². The van der Waals surface area contributed by atoms with E-state index in [9.17, 15) is 19.2 Å². The molecule has 0 saturated carbocycles. The number of aliphatic imine (C=N–C) groups is 1. The van der Waals surface area contributed by atoms with Gasteiger partial charge in [-0.3, -0.25) is 19.4 Å². The van der Waals surface area contributed by atoms with Crippen LogP contribution in [0.3, 0.4) is 0 Å². The van der Waals surface area contributed by atoms with Gasteiger partial charge in [0.1, 0.15) is 11.6 Å². The summed E-state index contributed by atoms with van der Waals surface area (Å²) in [5, 5.41) is 13.9. The van der Waals surface area contributed by atoms with E-state index in [1.807, 2.05) is 0 Å². The van der Waals surface area contributed by atoms with E-state index in [0.29, 0.717) is 38.8 Å². The number of carbonyl (C=O) groups excluding carboxylic acids is 3. The maximum Gasteiger partial charge on any atom is 0.408 e. The second-order valence-electron chi connectivity index (χ2n) is 8.71. The minimum absolute atomic E-state index is 0.0340. The maximum atomic E-state index is 13.2. The SMILES string of the molecule is CC(C)(C)OC(=O)N[C@H](CCCN=C(N)N)C(=O)N1CCCC(C(=O)NCCC(=O)O)C1. The molecule has 7 N–H and O–H groups in total. The van der Waals surface area contributed by atoms with Crippen LogP contribution in [0.4, 0.5) is 4.79 Å². The van der Waals surface area contributed by atoms with Gasteiger partial charge in [-0.25, -0.2) is 4.79 Å². The van der Waals surface area contributed by atoms with Gasteiger partial charge < -0.3 is 36.8 Å². The standard InChI is InChI=1S/C20H36N6O6/c1-20(2,3)32-19(31)25-14(7-4-9-24-18(21)22)17(30)26-11-5-6-13(12-26)16(29)23-10-8-15(27)28/h13-14H,4-12H2,1-3H3,(H,23,29)(H,25,31)(H,27,28)(H4,21,22,24)/t13?,14-/m1/s1. The Balaban J connectivity index is 2.77. The van der Waals surface area contributed by atoms with Crippen molar-refractivity contribution in [2.45, 2.75) is 64.5 Å². The molecule has 1 unspecified atom stereocenters. The summed E-state index contributed by atoms with van der Waals surface area (Å²) >= 11 is 0. The van der Waals surface area contributed by atoms with Crippen molar-refractivity contribution < 1.29 is 29.0 Å². The van der Waals surface area contributed by atoms with Gasteiger partial charge in [-0.05, 0) is 46.5 Å². The van der Waals surface area contributed by atoms with Crippen LogP contribution in [0.1, 0.15) is 52.9 Å². The highest BCUT2D eigenvalue weighted by molar-refractivity contribution is 5.87. The Kier molecular flexibility index (Phi) is 10.7. The van der Waals surface area contributed by atoms with Crippen LogP contribution in [0.2, 0.25) is 0 Å². The fourth-order valence-electron chi connectivity index (χ4n) is 3.26. The molecule has 12 heteroatoms. The van der Waals surface area contributed by atoms with Crippen LogP contribution in [0.25, 0.3) is 0 Å². The zero-order valence-corrected chi connectivity index (χ0v) is 19.1. The van der Waals surface area contributed by atoms with E-state index >= 15 is 0 Å². The van der Waals surface area contributed by atoms with Gasteiger partial charge in [0.25, 0.3) is 0 Å². The normalized spacial score (nSPS) is 17.1. The van der Waals surface area contributed by atoms with Crippen molar-refractivity contribution in [3.63, 3.8) is 0 Å². The zero-order chi connectivity index (χ0) is 24.3. The van der Waals surface area contributed by atoms with Crippen molar-refractivity contribution in [3.8, 4) is 0 Å². The number of hydrogen-bond acceptors (Lipinski definition) is 6. The molecule has 1 heterocycles. The third kappa shape index (κ3) is 10.8. The maximum absolute atomic E-state index is 13.2. The van der Waals surface area contributed by atoms with Crippen LogP contribution in [-0.2, 0) is 19.1 Å². The van der Waals surface area contributed by atoms with E-state index < -0.39 is 29.6 Å². The van der Waals surface area contributed by atoms with E-state index in [2.05, 4.69) is 15.6 Å². The Morgan fingerprint density at radius 3 is 2.53 bits per heavy atom. The van der Waals surface area contributed by atoms with Crippen molar-refractivity contribution in [1.82, 2.24) is 15.5 Å². The molecule has 12 nitrogen and oxygen atoms in total. The minimum atomic E-state index is -0.998. The number of carboxylic acid groups (broad SMARTS) is 1. The van der Waals surface area contributed by atoms with Gasteiger partial charge in [-0.2, -0.15) is 0 Å². The fourth-order valence-corrected chi connectivity index (χ4v) is 3.26. The molecule has 0 aromatic heterocycles. The summed E-state index contributed by atoms with van der Waals surface area (Å²) < 4.78 is 5.27. The lowest BCUT2D eigenvalue weighted by Gasteiger charge is -2.34. The second-order valence-corrected chi connectivity index (χ2v) is 8.71. The number of carbonyl (C=O) groups is 4. The van der Waals surface area contributed by atoms with Gasteiger partial charge in [-0.1, -0.05) is 0 Å². The van der Waals surface area contributed by atoms with Gasteiger partial charge in [0.2, 0.25) is 11.8 Å². The Bertz CT molecular complexity index is 701. The van der Waals surface area contributed by atoms with Crippen LogP contribution in [0.5, 0.6) is 0 Å². The first-order valence-corrected chi connectivity index (χ1v) is 10.7. The number of aliphatic carboxylic acids is 1. The monoisotopic (exact) mass is 456 g/mol.